The summed E-state index contributed by atoms with van der Waals surface area (Å²) >= 11 is 0. The fourth-order valence-electron chi connectivity index (χ4n) is 3.31. The van der Waals surface area contributed by atoms with Gasteiger partial charge in [0.25, 0.3) is 0 Å². The molecule has 1 aliphatic carbocycles. The van der Waals surface area contributed by atoms with E-state index in [9.17, 15) is 0 Å². The van der Waals surface area contributed by atoms with Gasteiger partial charge < -0.3 is 4.74 Å². The summed E-state index contributed by atoms with van der Waals surface area (Å²) < 4.78 is 6.15. The van der Waals surface area contributed by atoms with Crippen molar-refractivity contribution in [2.45, 2.75) is 44.1 Å². The van der Waals surface area contributed by atoms with Crippen molar-refractivity contribution in [2.75, 3.05) is 0 Å². The molecule has 1 aromatic rings. The molecule has 3 rings (SSSR count). The van der Waals surface area contributed by atoms with E-state index in [1.54, 1.807) is 0 Å². The summed E-state index contributed by atoms with van der Waals surface area (Å²) in [6, 6.07) is 4.38. The van der Waals surface area contributed by atoms with Crippen molar-refractivity contribution in [3.05, 3.63) is 42.0 Å². The highest BCUT2D eigenvalue weighted by atomic mass is 16.5. The lowest BCUT2D eigenvalue weighted by Crippen LogP contribution is -2.38. The zero-order valence-electron chi connectivity index (χ0n) is 11.3. The van der Waals surface area contributed by atoms with Crippen LogP contribution >= 0.6 is 0 Å². The minimum atomic E-state index is -0.0579. The highest BCUT2D eigenvalue weighted by molar-refractivity contribution is 5.68. The number of ether oxygens (including phenoxy) is 1. The van der Waals surface area contributed by atoms with Gasteiger partial charge in [-0.3, -0.25) is 0 Å². The van der Waals surface area contributed by atoms with Crippen LogP contribution in [0.1, 0.15) is 49.8 Å². The molecule has 1 aromatic carbocycles. The van der Waals surface area contributed by atoms with Gasteiger partial charge in [-0.05, 0) is 56.4 Å². The zero-order valence-corrected chi connectivity index (χ0v) is 11.3. The first-order valence-electron chi connectivity index (χ1n) is 6.62. The average Bonchev–Trinajstić information content (AvgIpc) is 3.06. The van der Waals surface area contributed by atoms with Gasteiger partial charge in [0.05, 0.1) is 0 Å². The van der Waals surface area contributed by atoms with Crippen LogP contribution in [0.5, 0.6) is 5.75 Å². The highest BCUT2D eigenvalue weighted by Crippen LogP contribution is 2.59. The number of fused-ring (bicyclic) bond motifs is 2. The van der Waals surface area contributed by atoms with Crippen LogP contribution in [-0.4, -0.2) is 5.60 Å². The molecule has 0 aromatic heterocycles. The molecule has 1 heterocycles. The number of rotatable bonds is 2. The first kappa shape index (κ1) is 11.6. The van der Waals surface area contributed by atoms with Crippen LogP contribution in [0.25, 0.3) is 12.2 Å². The Hall–Kier alpha value is -1.50. The Morgan fingerprint density at radius 2 is 1.72 bits per heavy atom. The average molecular weight is 240 g/mol. The Bertz CT molecular complexity index is 533. The van der Waals surface area contributed by atoms with Crippen molar-refractivity contribution >= 4 is 12.2 Å². The van der Waals surface area contributed by atoms with Gasteiger partial charge in [0.2, 0.25) is 0 Å². The lowest BCUT2D eigenvalue weighted by molar-refractivity contribution is 0.0670. The van der Waals surface area contributed by atoms with Crippen molar-refractivity contribution in [1.82, 2.24) is 0 Å². The van der Waals surface area contributed by atoms with Crippen LogP contribution in [0.15, 0.2) is 25.3 Å². The molecule has 2 aliphatic rings. The SMILES string of the molecule is C=Cc1cc2c(cc1C=C)C1(CC1)CC(C)(C)O2. The first-order chi connectivity index (χ1) is 8.50. The standard InChI is InChI=1S/C17H20O/c1-5-12-9-14-15(10-13(12)6-2)18-16(3,4)11-17(14)7-8-17/h5-6,9-10H,1-2,7-8,11H2,3-4H3. The molecule has 1 saturated carbocycles. The second-order valence-corrected chi connectivity index (χ2v) is 6.20. The van der Waals surface area contributed by atoms with E-state index in [-0.39, 0.29) is 5.60 Å². The molecule has 94 valence electrons. The number of hydrogen-bond donors (Lipinski definition) is 0. The van der Waals surface area contributed by atoms with E-state index in [0.29, 0.717) is 5.41 Å². The molecular formula is C17H20O. The Labute approximate surface area is 109 Å². The number of hydrogen-bond acceptors (Lipinski definition) is 1. The van der Waals surface area contributed by atoms with Crippen molar-refractivity contribution in [2.24, 2.45) is 0 Å². The van der Waals surface area contributed by atoms with E-state index in [0.717, 1.165) is 17.7 Å². The predicted octanol–water partition coefficient (Wildman–Crippen LogP) is 4.57. The summed E-state index contributed by atoms with van der Waals surface area (Å²) in [7, 11) is 0. The topological polar surface area (TPSA) is 9.23 Å². The van der Waals surface area contributed by atoms with Gasteiger partial charge in [0.1, 0.15) is 11.4 Å². The minimum absolute atomic E-state index is 0.0579. The monoisotopic (exact) mass is 240 g/mol. The van der Waals surface area contributed by atoms with E-state index in [1.807, 2.05) is 12.2 Å². The van der Waals surface area contributed by atoms with Crippen LogP contribution in [0.2, 0.25) is 0 Å². The molecule has 0 atom stereocenters. The third-order valence-corrected chi connectivity index (χ3v) is 4.20. The first-order valence-corrected chi connectivity index (χ1v) is 6.62. The lowest BCUT2D eigenvalue weighted by Gasteiger charge is -2.38. The molecule has 1 aliphatic heterocycles. The van der Waals surface area contributed by atoms with Gasteiger partial charge in [-0.25, -0.2) is 0 Å². The molecule has 0 bridgehead atoms. The summed E-state index contributed by atoms with van der Waals surface area (Å²) in [6.07, 6.45) is 7.49. The van der Waals surface area contributed by atoms with Crippen molar-refractivity contribution in [1.29, 1.82) is 0 Å². The third kappa shape index (κ3) is 1.61. The van der Waals surface area contributed by atoms with E-state index >= 15 is 0 Å². The maximum absolute atomic E-state index is 6.15. The molecule has 1 fully saturated rings. The zero-order chi connectivity index (χ0) is 13.0. The highest BCUT2D eigenvalue weighted by Gasteiger charge is 2.53. The van der Waals surface area contributed by atoms with Crippen LogP contribution < -0.4 is 4.74 Å². The van der Waals surface area contributed by atoms with Crippen molar-refractivity contribution < 1.29 is 4.74 Å². The Morgan fingerprint density at radius 3 is 2.28 bits per heavy atom. The molecule has 0 radical (unpaired) electrons. The maximum atomic E-state index is 6.15. The predicted molar refractivity (Wildman–Crippen MR) is 76.9 cm³/mol. The smallest absolute Gasteiger partial charge is 0.124 e. The molecule has 0 N–H and O–H groups in total. The molecule has 0 amide bonds. The molecule has 1 heteroatoms. The maximum Gasteiger partial charge on any atom is 0.124 e. The fraction of sp³-hybridized carbons (Fsp3) is 0.412. The largest absolute Gasteiger partial charge is 0.488 e. The quantitative estimate of drug-likeness (QED) is 0.736. The van der Waals surface area contributed by atoms with Gasteiger partial charge in [-0.1, -0.05) is 25.3 Å². The van der Waals surface area contributed by atoms with Crippen LogP contribution in [-0.2, 0) is 5.41 Å². The Morgan fingerprint density at radius 1 is 1.11 bits per heavy atom. The van der Waals surface area contributed by atoms with E-state index in [1.165, 1.54) is 24.0 Å². The van der Waals surface area contributed by atoms with Crippen molar-refractivity contribution in [3.63, 3.8) is 0 Å². The summed E-state index contributed by atoms with van der Waals surface area (Å²) in [4.78, 5) is 0. The lowest BCUT2D eigenvalue weighted by atomic mass is 9.80. The summed E-state index contributed by atoms with van der Waals surface area (Å²) in [5, 5.41) is 0. The normalized spacial score (nSPS) is 21.9. The van der Waals surface area contributed by atoms with Gasteiger partial charge in [0.15, 0.2) is 0 Å². The van der Waals surface area contributed by atoms with E-state index in [2.05, 4.69) is 39.1 Å². The second kappa shape index (κ2) is 3.50. The van der Waals surface area contributed by atoms with Gasteiger partial charge in [-0.2, -0.15) is 0 Å². The van der Waals surface area contributed by atoms with E-state index < -0.39 is 0 Å². The molecule has 1 spiro atoms. The van der Waals surface area contributed by atoms with Crippen LogP contribution in [0.4, 0.5) is 0 Å². The summed E-state index contributed by atoms with van der Waals surface area (Å²) in [5.41, 5.74) is 3.96. The second-order valence-electron chi connectivity index (χ2n) is 6.20. The molecule has 1 nitrogen and oxygen atoms in total. The molecular weight excluding hydrogens is 220 g/mol. The van der Waals surface area contributed by atoms with Gasteiger partial charge >= 0.3 is 0 Å². The van der Waals surface area contributed by atoms with Gasteiger partial charge in [0, 0.05) is 11.0 Å². The van der Waals surface area contributed by atoms with E-state index in [4.69, 9.17) is 4.74 Å². The fourth-order valence-corrected chi connectivity index (χ4v) is 3.31. The Balaban J connectivity index is 2.19. The summed E-state index contributed by atoms with van der Waals surface area (Å²) in [5.74, 6) is 1.05. The van der Waals surface area contributed by atoms with Gasteiger partial charge in [-0.15, -0.1) is 0 Å². The molecule has 18 heavy (non-hydrogen) atoms. The Kier molecular flexibility index (Phi) is 2.25. The van der Waals surface area contributed by atoms with Crippen molar-refractivity contribution in [3.8, 4) is 5.75 Å². The molecule has 0 unspecified atom stereocenters. The summed E-state index contributed by atoms with van der Waals surface area (Å²) in [6.45, 7) is 12.1. The van der Waals surface area contributed by atoms with Crippen LogP contribution in [0.3, 0.4) is 0 Å². The minimum Gasteiger partial charge on any atom is -0.488 e. The molecule has 0 saturated heterocycles. The third-order valence-electron chi connectivity index (χ3n) is 4.20. The number of benzene rings is 1. The van der Waals surface area contributed by atoms with Crippen LogP contribution in [0, 0.1) is 0 Å².